The lowest BCUT2D eigenvalue weighted by atomic mass is 9.78. The van der Waals surface area contributed by atoms with Crippen LogP contribution in [0.25, 0.3) is 16.5 Å². The molecule has 0 spiro atoms. The Morgan fingerprint density at radius 1 is 1.23 bits per heavy atom. The van der Waals surface area contributed by atoms with Gasteiger partial charge in [-0.05, 0) is 42.2 Å². The molecular formula is C23H30N2O. The number of nitrogens with zero attached hydrogens (tertiary/aromatic N) is 2. The number of aryl methyl sites for hydroxylation is 1. The first kappa shape index (κ1) is 17.5. The summed E-state index contributed by atoms with van der Waals surface area (Å²) in [6, 6.07) is 6.99. The Labute approximate surface area is 156 Å². The van der Waals surface area contributed by atoms with Crippen molar-refractivity contribution in [3.63, 3.8) is 0 Å². The number of hydrogen-bond acceptors (Lipinski definition) is 2. The molecule has 0 N–H and O–H groups in total. The molecular weight excluding hydrogens is 320 g/mol. The number of likely N-dealkylation sites (N-methyl/N-ethyl adjacent to an activating group) is 1. The van der Waals surface area contributed by atoms with Crippen molar-refractivity contribution in [2.45, 2.75) is 45.6 Å². The SMILES string of the molecule is CCC(CC)CC(=O)[C@@H]1C=C2c3cccc4c3c(cn4C)C[C@H]2N(C)C1. The number of hydrogen-bond donors (Lipinski definition) is 0. The first-order valence-corrected chi connectivity index (χ1v) is 10.0. The second-order valence-corrected chi connectivity index (χ2v) is 8.21. The van der Waals surface area contributed by atoms with Crippen LogP contribution in [0.3, 0.4) is 0 Å². The fourth-order valence-corrected chi connectivity index (χ4v) is 4.94. The summed E-state index contributed by atoms with van der Waals surface area (Å²) >= 11 is 0. The molecule has 0 saturated carbocycles. The molecule has 2 aliphatic rings. The van der Waals surface area contributed by atoms with Crippen LogP contribution in [0, 0.1) is 11.8 Å². The Morgan fingerprint density at radius 2 is 2.00 bits per heavy atom. The third-order valence-corrected chi connectivity index (χ3v) is 6.63. The number of carbonyl (C=O) groups excluding carboxylic acids is 1. The molecule has 1 aliphatic heterocycles. The molecule has 0 unspecified atom stereocenters. The van der Waals surface area contributed by atoms with E-state index in [9.17, 15) is 4.79 Å². The molecule has 26 heavy (non-hydrogen) atoms. The van der Waals surface area contributed by atoms with Gasteiger partial charge in [-0.15, -0.1) is 0 Å². The van der Waals surface area contributed by atoms with Crippen LogP contribution in [0.1, 0.15) is 44.2 Å². The average molecular weight is 351 g/mol. The van der Waals surface area contributed by atoms with E-state index >= 15 is 0 Å². The van der Waals surface area contributed by atoms with Gasteiger partial charge in [-0.2, -0.15) is 0 Å². The minimum absolute atomic E-state index is 0.0346. The van der Waals surface area contributed by atoms with E-state index in [4.69, 9.17) is 0 Å². The number of rotatable bonds is 5. The molecule has 1 aromatic heterocycles. The average Bonchev–Trinajstić information content (AvgIpc) is 2.97. The maximum Gasteiger partial charge on any atom is 0.141 e. The van der Waals surface area contributed by atoms with E-state index in [1.54, 1.807) is 0 Å². The number of aromatic nitrogens is 1. The molecule has 0 saturated heterocycles. The normalized spacial score (nSPS) is 22.6. The van der Waals surface area contributed by atoms with Gasteiger partial charge >= 0.3 is 0 Å². The fourth-order valence-electron chi connectivity index (χ4n) is 4.94. The van der Waals surface area contributed by atoms with Gasteiger partial charge in [-0.1, -0.05) is 44.9 Å². The lowest BCUT2D eigenvalue weighted by Crippen LogP contribution is -2.44. The number of ketones is 1. The van der Waals surface area contributed by atoms with Crippen LogP contribution in [-0.2, 0) is 18.3 Å². The van der Waals surface area contributed by atoms with Crippen LogP contribution in [0.15, 0.2) is 30.5 Å². The van der Waals surface area contributed by atoms with E-state index in [1.165, 1.54) is 27.6 Å². The summed E-state index contributed by atoms with van der Waals surface area (Å²) in [4.78, 5) is 15.4. The van der Waals surface area contributed by atoms with Gasteiger partial charge in [0.2, 0.25) is 0 Å². The second kappa shape index (κ2) is 6.70. The van der Waals surface area contributed by atoms with E-state index in [0.29, 0.717) is 17.7 Å². The van der Waals surface area contributed by atoms with Gasteiger partial charge < -0.3 is 4.57 Å². The monoisotopic (exact) mass is 350 g/mol. The molecule has 3 heteroatoms. The zero-order chi connectivity index (χ0) is 18.4. The predicted molar refractivity (Wildman–Crippen MR) is 108 cm³/mol. The molecule has 4 rings (SSSR count). The Balaban J connectivity index is 1.74. The van der Waals surface area contributed by atoms with Gasteiger partial charge in [0.15, 0.2) is 0 Å². The second-order valence-electron chi connectivity index (χ2n) is 8.21. The van der Waals surface area contributed by atoms with Crippen LogP contribution in [0.4, 0.5) is 0 Å². The molecule has 2 atom stereocenters. The Bertz CT molecular complexity index is 872. The highest BCUT2D eigenvalue weighted by Gasteiger charge is 2.35. The highest BCUT2D eigenvalue weighted by Crippen LogP contribution is 2.41. The van der Waals surface area contributed by atoms with Crippen LogP contribution in [0.2, 0.25) is 0 Å². The summed E-state index contributed by atoms with van der Waals surface area (Å²) in [5.41, 5.74) is 5.44. The van der Waals surface area contributed by atoms with Crippen molar-refractivity contribution in [1.29, 1.82) is 0 Å². The minimum atomic E-state index is 0.0346. The van der Waals surface area contributed by atoms with Crippen molar-refractivity contribution in [3.05, 3.63) is 41.6 Å². The van der Waals surface area contributed by atoms with E-state index in [-0.39, 0.29) is 5.92 Å². The molecule has 3 nitrogen and oxygen atoms in total. The quantitative estimate of drug-likeness (QED) is 0.796. The van der Waals surface area contributed by atoms with Gasteiger partial charge in [-0.25, -0.2) is 0 Å². The number of Topliss-reactive ketones (excluding diaryl/α,β-unsaturated/α-hetero) is 1. The van der Waals surface area contributed by atoms with Crippen molar-refractivity contribution < 1.29 is 4.79 Å². The summed E-state index contributed by atoms with van der Waals surface area (Å²) in [5.74, 6) is 0.981. The molecule has 1 aromatic carbocycles. The van der Waals surface area contributed by atoms with Gasteiger partial charge in [0, 0.05) is 49.1 Å². The van der Waals surface area contributed by atoms with Crippen molar-refractivity contribution in [2.24, 2.45) is 18.9 Å². The summed E-state index contributed by atoms with van der Waals surface area (Å²) < 4.78 is 2.24. The third-order valence-electron chi connectivity index (χ3n) is 6.63. The highest BCUT2D eigenvalue weighted by atomic mass is 16.1. The summed E-state index contributed by atoms with van der Waals surface area (Å²) in [7, 11) is 4.31. The first-order chi connectivity index (χ1) is 12.5. The zero-order valence-electron chi connectivity index (χ0n) is 16.5. The van der Waals surface area contributed by atoms with Crippen molar-refractivity contribution in [2.75, 3.05) is 13.6 Å². The maximum absolute atomic E-state index is 13.0. The van der Waals surface area contributed by atoms with Crippen molar-refractivity contribution in [3.8, 4) is 0 Å². The van der Waals surface area contributed by atoms with Crippen LogP contribution >= 0.6 is 0 Å². The molecule has 0 bridgehead atoms. The molecule has 0 fully saturated rings. The van der Waals surface area contributed by atoms with Gasteiger partial charge in [-0.3, -0.25) is 9.69 Å². The lowest BCUT2D eigenvalue weighted by Gasteiger charge is -2.39. The van der Waals surface area contributed by atoms with Crippen LogP contribution < -0.4 is 0 Å². The maximum atomic E-state index is 13.0. The first-order valence-electron chi connectivity index (χ1n) is 10.0. The Morgan fingerprint density at radius 3 is 2.73 bits per heavy atom. The molecule has 0 amide bonds. The third kappa shape index (κ3) is 2.73. The van der Waals surface area contributed by atoms with E-state index < -0.39 is 0 Å². The van der Waals surface area contributed by atoms with Crippen molar-refractivity contribution in [1.82, 2.24) is 9.47 Å². The van der Waals surface area contributed by atoms with Gasteiger partial charge in [0.1, 0.15) is 5.78 Å². The van der Waals surface area contributed by atoms with E-state index in [0.717, 1.165) is 32.2 Å². The lowest BCUT2D eigenvalue weighted by molar-refractivity contribution is -0.123. The number of benzene rings is 1. The Kier molecular flexibility index (Phi) is 4.52. The van der Waals surface area contributed by atoms with Gasteiger partial charge in [0.05, 0.1) is 0 Å². The van der Waals surface area contributed by atoms with Crippen LogP contribution in [0.5, 0.6) is 0 Å². The molecule has 138 valence electrons. The predicted octanol–water partition coefficient (Wildman–Crippen LogP) is 4.44. The molecule has 2 aromatic rings. The minimum Gasteiger partial charge on any atom is -0.350 e. The smallest absolute Gasteiger partial charge is 0.141 e. The van der Waals surface area contributed by atoms with Gasteiger partial charge in [0.25, 0.3) is 0 Å². The topological polar surface area (TPSA) is 25.2 Å². The van der Waals surface area contributed by atoms with Crippen molar-refractivity contribution >= 4 is 22.3 Å². The number of carbonyl (C=O) groups is 1. The molecule has 2 heterocycles. The van der Waals surface area contributed by atoms with E-state index in [2.05, 4.69) is 67.9 Å². The molecule has 1 aliphatic carbocycles. The fraction of sp³-hybridized carbons (Fsp3) is 0.522. The largest absolute Gasteiger partial charge is 0.350 e. The van der Waals surface area contributed by atoms with E-state index in [1.807, 2.05) is 0 Å². The van der Waals surface area contributed by atoms with Crippen LogP contribution in [-0.4, -0.2) is 34.9 Å². The summed E-state index contributed by atoms with van der Waals surface area (Å²) in [5, 5.41) is 1.39. The Hall–Kier alpha value is -1.87. The summed E-state index contributed by atoms with van der Waals surface area (Å²) in [6.07, 6.45) is 8.54. The number of fused-ring (bicyclic) bond motifs is 2. The summed E-state index contributed by atoms with van der Waals surface area (Å²) in [6.45, 7) is 5.24. The zero-order valence-corrected chi connectivity index (χ0v) is 16.5. The molecule has 0 radical (unpaired) electrons. The highest BCUT2D eigenvalue weighted by molar-refractivity contribution is 5.99. The standard InChI is InChI=1S/C23H30N2O/c1-5-15(6-2)10-22(26)16-11-19-18-8-7-9-20-23(18)17(14-24(20)3)12-21(19)25(4)13-16/h7-9,11,14-16,21H,5-6,10,12-13H2,1-4H3/t16-,21-/m1/s1.